The van der Waals surface area contributed by atoms with Crippen molar-refractivity contribution in [2.24, 2.45) is 0 Å². The van der Waals surface area contributed by atoms with E-state index in [1.165, 1.54) is 0 Å². The highest BCUT2D eigenvalue weighted by molar-refractivity contribution is 5.83. The zero-order valence-corrected chi connectivity index (χ0v) is 18.6. The van der Waals surface area contributed by atoms with Gasteiger partial charge in [0.2, 0.25) is 0 Å². The molecule has 164 valence electrons. The Morgan fingerprint density at radius 3 is 2.55 bits per heavy atom. The van der Waals surface area contributed by atoms with Crippen LogP contribution < -0.4 is 10.1 Å². The summed E-state index contributed by atoms with van der Waals surface area (Å²) in [6.45, 7) is 7.72. The Kier molecular flexibility index (Phi) is 6.89. The highest BCUT2D eigenvalue weighted by atomic mass is 16.5. The number of aromatic nitrogens is 3. The molecule has 0 saturated heterocycles. The molecule has 2 heterocycles. The number of benzene rings is 1. The molecule has 0 saturated carbocycles. The van der Waals surface area contributed by atoms with Crippen molar-refractivity contribution < 1.29 is 19.1 Å². The topological polar surface area (TPSA) is 94.8 Å². The molecule has 0 unspecified atom stereocenters. The molecule has 31 heavy (non-hydrogen) atoms. The van der Waals surface area contributed by atoms with Crippen molar-refractivity contribution in [3.05, 3.63) is 58.5 Å². The van der Waals surface area contributed by atoms with Crippen LogP contribution in [-0.4, -0.2) is 39.7 Å². The maximum Gasteiger partial charge on any atom is 0.306 e. The number of amides is 1. The molecule has 1 aromatic carbocycles. The number of aryl methyl sites for hydroxylation is 3. The van der Waals surface area contributed by atoms with Gasteiger partial charge in [-0.1, -0.05) is 12.1 Å². The predicted octanol–water partition coefficient (Wildman–Crippen LogP) is 2.84. The van der Waals surface area contributed by atoms with Gasteiger partial charge in [0.15, 0.2) is 11.8 Å². The van der Waals surface area contributed by atoms with Crippen LogP contribution in [0.15, 0.2) is 30.3 Å². The minimum Gasteiger partial charge on any atom is -0.497 e. The molecule has 0 fully saturated rings. The quantitative estimate of drug-likeness (QED) is 0.559. The summed E-state index contributed by atoms with van der Waals surface area (Å²) in [6.07, 6.45) is -0.244. The standard InChI is InChI=1S/C23H28N4O4/c1-14-12-21-25-15(2)20(16(3)27(21)26-14)10-11-22(28)31-17(4)23(29)24-13-18-6-8-19(30-5)9-7-18/h6-9,12,17H,10-11,13H2,1-5H3,(H,24,29)/t17-/m1/s1. The minimum absolute atomic E-state index is 0.158. The lowest BCUT2D eigenvalue weighted by Crippen LogP contribution is -2.35. The molecule has 0 aliphatic heterocycles. The fraction of sp³-hybridized carbons (Fsp3) is 0.391. The van der Waals surface area contributed by atoms with E-state index in [1.54, 1.807) is 18.5 Å². The average Bonchev–Trinajstić information content (AvgIpc) is 3.12. The van der Waals surface area contributed by atoms with Crippen LogP contribution >= 0.6 is 0 Å². The minimum atomic E-state index is -0.873. The lowest BCUT2D eigenvalue weighted by atomic mass is 10.1. The van der Waals surface area contributed by atoms with E-state index in [4.69, 9.17) is 9.47 Å². The maximum atomic E-state index is 12.3. The van der Waals surface area contributed by atoms with E-state index in [0.717, 1.165) is 39.6 Å². The Morgan fingerprint density at radius 2 is 1.87 bits per heavy atom. The predicted molar refractivity (Wildman–Crippen MR) is 116 cm³/mol. The van der Waals surface area contributed by atoms with Gasteiger partial charge < -0.3 is 14.8 Å². The molecular formula is C23H28N4O4. The van der Waals surface area contributed by atoms with E-state index < -0.39 is 12.1 Å². The Morgan fingerprint density at radius 1 is 1.16 bits per heavy atom. The molecule has 0 radical (unpaired) electrons. The van der Waals surface area contributed by atoms with Crippen LogP contribution in [0.2, 0.25) is 0 Å². The van der Waals surface area contributed by atoms with Gasteiger partial charge in [-0.15, -0.1) is 0 Å². The van der Waals surface area contributed by atoms with Crippen molar-refractivity contribution in [1.29, 1.82) is 0 Å². The van der Waals surface area contributed by atoms with Gasteiger partial charge in [-0.05, 0) is 57.4 Å². The van der Waals surface area contributed by atoms with Gasteiger partial charge in [-0.3, -0.25) is 9.59 Å². The first-order valence-electron chi connectivity index (χ1n) is 10.2. The number of ether oxygens (including phenoxy) is 2. The van der Waals surface area contributed by atoms with E-state index in [1.807, 2.05) is 51.1 Å². The summed E-state index contributed by atoms with van der Waals surface area (Å²) in [7, 11) is 1.60. The molecule has 0 spiro atoms. The maximum absolute atomic E-state index is 12.3. The molecule has 8 nitrogen and oxygen atoms in total. The van der Waals surface area contributed by atoms with Crippen LogP contribution in [0.3, 0.4) is 0 Å². The van der Waals surface area contributed by atoms with Gasteiger partial charge in [-0.25, -0.2) is 9.50 Å². The van der Waals surface area contributed by atoms with Crippen LogP contribution in [0.5, 0.6) is 5.75 Å². The summed E-state index contributed by atoms with van der Waals surface area (Å²) in [5, 5.41) is 7.22. The summed E-state index contributed by atoms with van der Waals surface area (Å²) >= 11 is 0. The first-order chi connectivity index (χ1) is 14.8. The summed E-state index contributed by atoms with van der Waals surface area (Å²) in [5.74, 6) is -0.0193. The third-order valence-electron chi connectivity index (χ3n) is 5.17. The van der Waals surface area contributed by atoms with Gasteiger partial charge in [0, 0.05) is 30.4 Å². The molecule has 0 aliphatic rings. The van der Waals surface area contributed by atoms with Crippen molar-refractivity contribution in [2.45, 2.75) is 53.2 Å². The molecular weight excluding hydrogens is 396 g/mol. The fourth-order valence-electron chi connectivity index (χ4n) is 3.42. The van der Waals surface area contributed by atoms with Crippen LogP contribution in [0.25, 0.3) is 5.65 Å². The molecule has 8 heteroatoms. The second-order valence-corrected chi connectivity index (χ2v) is 7.51. The van der Waals surface area contributed by atoms with Gasteiger partial charge in [0.1, 0.15) is 5.75 Å². The van der Waals surface area contributed by atoms with Crippen LogP contribution in [-0.2, 0) is 27.3 Å². The number of rotatable bonds is 8. The van der Waals surface area contributed by atoms with E-state index >= 15 is 0 Å². The molecule has 1 atom stereocenters. The van der Waals surface area contributed by atoms with Crippen LogP contribution in [0.4, 0.5) is 0 Å². The summed E-state index contributed by atoms with van der Waals surface area (Å²) < 4.78 is 12.2. The SMILES string of the molecule is COc1ccc(CNC(=O)[C@@H](C)OC(=O)CCc2c(C)nc3cc(C)nn3c2C)cc1. The monoisotopic (exact) mass is 424 g/mol. The van der Waals surface area contributed by atoms with E-state index in [9.17, 15) is 9.59 Å². The fourth-order valence-corrected chi connectivity index (χ4v) is 3.42. The third kappa shape index (κ3) is 5.39. The van der Waals surface area contributed by atoms with Crippen molar-refractivity contribution in [3.63, 3.8) is 0 Å². The van der Waals surface area contributed by atoms with Crippen LogP contribution in [0.1, 0.15) is 41.6 Å². The van der Waals surface area contributed by atoms with E-state index in [2.05, 4.69) is 15.4 Å². The lowest BCUT2D eigenvalue weighted by molar-refractivity contribution is -0.154. The number of carbonyl (C=O) groups excluding carboxylic acids is 2. The molecule has 3 aromatic rings. The first kappa shape index (κ1) is 22.3. The van der Waals surface area contributed by atoms with Gasteiger partial charge in [-0.2, -0.15) is 5.10 Å². The number of esters is 1. The number of fused-ring (bicyclic) bond motifs is 1. The first-order valence-corrected chi connectivity index (χ1v) is 10.2. The van der Waals surface area contributed by atoms with Gasteiger partial charge in [0.25, 0.3) is 5.91 Å². The summed E-state index contributed by atoms with van der Waals surface area (Å²) in [6, 6.07) is 9.31. The molecule has 1 amide bonds. The number of methoxy groups -OCH3 is 1. The Labute approximate surface area is 181 Å². The average molecular weight is 425 g/mol. The second kappa shape index (κ2) is 9.59. The van der Waals surface area contributed by atoms with Crippen LogP contribution in [0, 0.1) is 20.8 Å². The van der Waals surface area contributed by atoms with Crippen molar-refractivity contribution >= 4 is 17.5 Å². The zero-order valence-electron chi connectivity index (χ0n) is 18.6. The zero-order chi connectivity index (χ0) is 22.5. The van der Waals surface area contributed by atoms with Crippen molar-refractivity contribution in [1.82, 2.24) is 19.9 Å². The van der Waals surface area contributed by atoms with E-state index in [0.29, 0.717) is 13.0 Å². The van der Waals surface area contributed by atoms with Crippen molar-refractivity contribution in [3.8, 4) is 5.75 Å². The highest BCUT2D eigenvalue weighted by Gasteiger charge is 2.19. The lowest BCUT2D eigenvalue weighted by Gasteiger charge is -2.15. The molecule has 3 rings (SSSR count). The Balaban J connectivity index is 1.51. The van der Waals surface area contributed by atoms with E-state index in [-0.39, 0.29) is 12.3 Å². The molecule has 1 N–H and O–H groups in total. The van der Waals surface area contributed by atoms with Gasteiger partial charge in [0.05, 0.1) is 12.8 Å². The normalized spacial score (nSPS) is 11.9. The number of nitrogens with one attached hydrogen (secondary N) is 1. The van der Waals surface area contributed by atoms with Crippen molar-refractivity contribution in [2.75, 3.05) is 7.11 Å². The number of hydrogen-bond donors (Lipinski definition) is 1. The molecule has 2 aromatic heterocycles. The smallest absolute Gasteiger partial charge is 0.306 e. The Hall–Kier alpha value is -3.42. The Bertz CT molecular complexity index is 1090. The largest absolute Gasteiger partial charge is 0.497 e. The number of hydrogen-bond acceptors (Lipinski definition) is 6. The third-order valence-corrected chi connectivity index (χ3v) is 5.17. The van der Waals surface area contributed by atoms with Gasteiger partial charge >= 0.3 is 5.97 Å². The molecule has 0 aliphatic carbocycles. The molecule has 0 bridgehead atoms. The summed E-state index contributed by atoms with van der Waals surface area (Å²) in [4.78, 5) is 29.1. The highest BCUT2D eigenvalue weighted by Crippen LogP contribution is 2.17. The number of carbonyl (C=O) groups is 2. The summed E-state index contributed by atoms with van der Waals surface area (Å²) in [5.41, 5.74) is 5.39. The second-order valence-electron chi connectivity index (χ2n) is 7.51. The number of nitrogens with zero attached hydrogens (tertiary/aromatic N) is 3.